The number of hydrogen-bond acceptors (Lipinski definition) is 5. The van der Waals surface area contributed by atoms with Crippen LogP contribution in [-0.2, 0) is 4.79 Å². The number of nitrogens with one attached hydrogen (secondary N) is 1. The van der Waals surface area contributed by atoms with Crippen molar-refractivity contribution in [3.05, 3.63) is 66.1 Å². The highest BCUT2D eigenvalue weighted by Gasteiger charge is 2.34. The van der Waals surface area contributed by atoms with Gasteiger partial charge in [-0.05, 0) is 49.9 Å². The van der Waals surface area contributed by atoms with Gasteiger partial charge in [-0.2, -0.15) is 0 Å². The van der Waals surface area contributed by atoms with Crippen LogP contribution in [-0.4, -0.2) is 29.9 Å². The number of aromatic nitrogens is 1. The Bertz CT molecular complexity index is 1130. The molecule has 164 valence electrons. The lowest BCUT2D eigenvalue weighted by atomic mass is 9.96. The third-order valence-electron chi connectivity index (χ3n) is 6.23. The van der Waals surface area contributed by atoms with Gasteiger partial charge in [-0.15, -0.1) is 0 Å². The molecule has 1 aliphatic heterocycles. The lowest BCUT2D eigenvalue weighted by molar-refractivity contribution is -0.122. The second kappa shape index (κ2) is 8.49. The molecule has 1 saturated heterocycles. The maximum Gasteiger partial charge on any atom is 0.278 e. The van der Waals surface area contributed by atoms with Crippen molar-refractivity contribution in [3.8, 4) is 11.5 Å². The number of nitrogens with zero attached hydrogens (tertiary/aromatic N) is 2. The largest absolute Gasteiger partial charge is 0.440 e. The molecule has 0 bridgehead atoms. The Morgan fingerprint density at radius 3 is 2.34 bits per heavy atom. The highest BCUT2D eigenvalue weighted by atomic mass is 16.4. The van der Waals surface area contributed by atoms with Gasteiger partial charge in [0.2, 0.25) is 11.8 Å². The summed E-state index contributed by atoms with van der Waals surface area (Å²) < 4.78 is 6.04. The summed E-state index contributed by atoms with van der Waals surface area (Å²) in [6, 6.07) is 17.4. The van der Waals surface area contributed by atoms with Crippen LogP contribution in [0.4, 0.5) is 11.4 Å². The molecule has 0 atom stereocenters. The van der Waals surface area contributed by atoms with Crippen molar-refractivity contribution in [1.82, 2.24) is 4.98 Å². The average molecular weight is 431 g/mol. The van der Waals surface area contributed by atoms with Crippen LogP contribution in [0.2, 0.25) is 0 Å². The predicted molar refractivity (Wildman–Crippen MR) is 122 cm³/mol. The van der Waals surface area contributed by atoms with E-state index in [-0.39, 0.29) is 23.7 Å². The van der Waals surface area contributed by atoms with Crippen LogP contribution >= 0.6 is 0 Å². The van der Waals surface area contributed by atoms with Crippen molar-refractivity contribution < 1.29 is 14.0 Å². The number of para-hydroxylation sites is 2. The van der Waals surface area contributed by atoms with Gasteiger partial charge in [-0.1, -0.05) is 30.3 Å². The molecule has 2 heterocycles. The fourth-order valence-electron chi connectivity index (χ4n) is 4.26. The molecule has 2 fully saturated rings. The summed E-state index contributed by atoms with van der Waals surface area (Å²) in [5.74, 6) is 0.807. The molecule has 1 aromatic heterocycles. The summed E-state index contributed by atoms with van der Waals surface area (Å²) in [5.41, 5.74) is 8.33. The lowest BCUT2D eigenvalue weighted by Crippen LogP contribution is -2.38. The molecule has 32 heavy (non-hydrogen) atoms. The van der Waals surface area contributed by atoms with Gasteiger partial charge in [-0.25, -0.2) is 4.98 Å². The number of carbonyl (C=O) groups excluding carboxylic acids is 2. The number of oxazole rings is 1. The number of anilines is 2. The SMILES string of the molecule is NC(=O)C1CCN(c2ccccc2NC(=O)c2nc(-c3ccccc3)oc2C2CC2)CC1. The zero-order valence-corrected chi connectivity index (χ0v) is 17.8. The van der Waals surface area contributed by atoms with Crippen molar-refractivity contribution in [2.24, 2.45) is 11.7 Å². The van der Waals surface area contributed by atoms with Gasteiger partial charge < -0.3 is 20.4 Å². The highest BCUT2D eigenvalue weighted by Crippen LogP contribution is 2.43. The molecule has 0 radical (unpaired) electrons. The normalized spacial score (nSPS) is 16.7. The topological polar surface area (TPSA) is 101 Å². The standard InChI is InChI=1S/C25H26N4O3/c26-23(30)17-12-14-29(15-13-17)20-9-5-4-8-19(20)27-24(31)21-22(16-10-11-16)32-25(28-21)18-6-2-1-3-7-18/h1-9,16-17H,10-15H2,(H2,26,30)(H,27,31). The maximum absolute atomic E-state index is 13.3. The number of rotatable bonds is 6. The van der Waals surface area contributed by atoms with E-state index < -0.39 is 0 Å². The van der Waals surface area contributed by atoms with E-state index in [2.05, 4.69) is 15.2 Å². The zero-order chi connectivity index (χ0) is 22.1. The Kier molecular flexibility index (Phi) is 5.39. The number of amides is 2. The first-order valence-corrected chi connectivity index (χ1v) is 11.1. The molecule has 2 amide bonds. The van der Waals surface area contributed by atoms with Crippen LogP contribution in [0.3, 0.4) is 0 Å². The molecule has 3 N–H and O–H groups in total. The van der Waals surface area contributed by atoms with Gasteiger partial charge in [0.25, 0.3) is 5.91 Å². The van der Waals surface area contributed by atoms with Crippen molar-refractivity contribution in [2.75, 3.05) is 23.3 Å². The minimum atomic E-state index is -0.266. The molecule has 3 aromatic rings. The van der Waals surface area contributed by atoms with Gasteiger partial charge in [-0.3, -0.25) is 9.59 Å². The number of piperidine rings is 1. The Hall–Kier alpha value is -3.61. The summed E-state index contributed by atoms with van der Waals surface area (Å²) in [6.07, 6.45) is 3.45. The highest BCUT2D eigenvalue weighted by molar-refractivity contribution is 6.05. The van der Waals surface area contributed by atoms with E-state index in [1.165, 1.54) is 0 Å². The Labute approximate surface area is 186 Å². The Morgan fingerprint density at radius 2 is 1.66 bits per heavy atom. The molecular weight excluding hydrogens is 404 g/mol. The van der Waals surface area contributed by atoms with Crippen molar-refractivity contribution >= 4 is 23.2 Å². The van der Waals surface area contributed by atoms with Crippen LogP contribution in [0.25, 0.3) is 11.5 Å². The first-order valence-electron chi connectivity index (χ1n) is 11.1. The number of benzene rings is 2. The second-order valence-electron chi connectivity index (χ2n) is 8.51. The lowest BCUT2D eigenvalue weighted by Gasteiger charge is -2.33. The number of hydrogen-bond donors (Lipinski definition) is 2. The minimum absolute atomic E-state index is 0.0827. The van der Waals surface area contributed by atoms with Gasteiger partial charge in [0.1, 0.15) is 5.76 Å². The fourth-order valence-corrected chi connectivity index (χ4v) is 4.26. The van der Waals surface area contributed by atoms with Gasteiger partial charge in [0.05, 0.1) is 11.4 Å². The average Bonchev–Trinajstić information content (AvgIpc) is 3.58. The fraction of sp³-hybridized carbons (Fsp3) is 0.320. The monoisotopic (exact) mass is 430 g/mol. The Morgan fingerprint density at radius 1 is 0.969 bits per heavy atom. The zero-order valence-electron chi connectivity index (χ0n) is 17.8. The minimum Gasteiger partial charge on any atom is -0.440 e. The molecule has 1 aliphatic carbocycles. The molecule has 2 aliphatic rings. The van der Waals surface area contributed by atoms with Crippen LogP contribution in [0.5, 0.6) is 0 Å². The third-order valence-corrected chi connectivity index (χ3v) is 6.23. The van der Waals surface area contributed by atoms with Gasteiger partial charge in [0.15, 0.2) is 5.69 Å². The summed E-state index contributed by atoms with van der Waals surface area (Å²) in [5, 5.41) is 3.05. The van der Waals surface area contributed by atoms with E-state index in [0.29, 0.717) is 30.2 Å². The molecule has 5 rings (SSSR count). The van der Waals surface area contributed by atoms with Crippen molar-refractivity contribution in [1.29, 1.82) is 0 Å². The van der Waals surface area contributed by atoms with E-state index in [1.54, 1.807) is 0 Å². The Balaban J connectivity index is 1.38. The molecule has 2 aromatic carbocycles. The van der Waals surface area contributed by atoms with Crippen LogP contribution in [0.15, 0.2) is 59.0 Å². The maximum atomic E-state index is 13.3. The number of nitrogens with two attached hydrogens (primary N) is 1. The third kappa shape index (κ3) is 4.10. The molecule has 1 saturated carbocycles. The second-order valence-corrected chi connectivity index (χ2v) is 8.51. The number of carbonyl (C=O) groups is 2. The van der Waals surface area contributed by atoms with Gasteiger partial charge in [0, 0.05) is 30.5 Å². The van der Waals surface area contributed by atoms with Crippen molar-refractivity contribution in [2.45, 2.75) is 31.6 Å². The first kappa shape index (κ1) is 20.3. The van der Waals surface area contributed by atoms with Gasteiger partial charge >= 0.3 is 0 Å². The molecule has 0 spiro atoms. The molecular formula is C25H26N4O3. The van der Waals surface area contributed by atoms with Crippen molar-refractivity contribution in [3.63, 3.8) is 0 Å². The summed E-state index contributed by atoms with van der Waals surface area (Å²) in [6.45, 7) is 1.44. The number of primary amides is 1. The quantitative estimate of drug-likeness (QED) is 0.611. The van der Waals surface area contributed by atoms with E-state index in [9.17, 15) is 9.59 Å². The predicted octanol–water partition coefficient (Wildman–Crippen LogP) is 4.17. The van der Waals surface area contributed by atoms with E-state index >= 15 is 0 Å². The van der Waals surface area contributed by atoms with E-state index in [4.69, 9.17) is 10.2 Å². The summed E-state index contributed by atoms with van der Waals surface area (Å²) in [4.78, 5) is 31.5. The van der Waals surface area contributed by atoms with E-state index in [0.717, 1.165) is 42.9 Å². The molecule has 7 heteroatoms. The van der Waals surface area contributed by atoms with E-state index in [1.807, 2.05) is 54.6 Å². The molecule has 7 nitrogen and oxygen atoms in total. The van der Waals surface area contributed by atoms with Crippen LogP contribution in [0.1, 0.15) is 47.8 Å². The van der Waals surface area contributed by atoms with Crippen LogP contribution < -0.4 is 16.0 Å². The smallest absolute Gasteiger partial charge is 0.278 e. The first-order chi connectivity index (χ1) is 15.6. The molecule has 0 unspecified atom stereocenters. The summed E-state index contributed by atoms with van der Waals surface area (Å²) >= 11 is 0. The van der Waals surface area contributed by atoms with Crippen LogP contribution in [0, 0.1) is 5.92 Å². The summed E-state index contributed by atoms with van der Waals surface area (Å²) in [7, 11) is 0.